The summed E-state index contributed by atoms with van der Waals surface area (Å²) in [6.45, 7) is 3.41. The number of hydrogen-bond donors (Lipinski definition) is 1. The summed E-state index contributed by atoms with van der Waals surface area (Å²) in [5.74, 6) is 0. The molecule has 0 aromatic carbocycles. The standard InChI is InChI=1S/C6H6F3N2/c1-2-4-3-5(11-10-4)6(7,8)9/h3H,1-2H2,(H,10,11). The molecule has 61 valence electrons. The molecule has 0 amide bonds. The SMILES string of the molecule is [CH2]Cc1cc(C(F)(F)F)n[nH]1. The molecule has 1 heterocycles. The number of aromatic amines is 1. The molecule has 1 N–H and O–H groups in total. The number of halogens is 3. The number of aromatic nitrogens is 2. The lowest BCUT2D eigenvalue weighted by Gasteiger charge is -1.98. The maximum atomic E-state index is 11.8. The van der Waals surface area contributed by atoms with Crippen molar-refractivity contribution in [3.63, 3.8) is 0 Å². The smallest absolute Gasteiger partial charge is 0.282 e. The maximum Gasteiger partial charge on any atom is 0.435 e. The summed E-state index contributed by atoms with van der Waals surface area (Å²) < 4.78 is 35.5. The summed E-state index contributed by atoms with van der Waals surface area (Å²) in [7, 11) is 0. The summed E-state index contributed by atoms with van der Waals surface area (Å²) in [4.78, 5) is 0. The topological polar surface area (TPSA) is 28.7 Å². The molecule has 0 spiro atoms. The molecule has 5 heteroatoms. The molecule has 0 aliphatic carbocycles. The van der Waals surface area contributed by atoms with Gasteiger partial charge in [0, 0.05) is 5.69 Å². The molecule has 0 aliphatic heterocycles. The lowest BCUT2D eigenvalue weighted by Crippen LogP contribution is -2.04. The third kappa shape index (κ3) is 1.72. The van der Waals surface area contributed by atoms with Crippen LogP contribution in [0.3, 0.4) is 0 Å². The van der Waals surface area contributed by atoms with Gasteiger partial charge >= 0.3 is 6.18 Å². The highest BCUT2D eigenvalue weighted by molar-refractivity contribution is 5.11. The lowest BCUT2D eigenvalue weighted by atomic mass is 10.3. The first kappa shape index (κ1) is 8.10. The van der Waals surface area contributed by atoms with E-state index < -0.39 is 11.9 Å². The van der Waals surface area contributed by atoms with Crippen LogP contribution < -0.4 is 0 Å². The zero-order valence-corrected chi connectivity index (χ0v) is 5.57. The van der Waals surface area contributed by atoms with E-state index in [9.17, 15) is 13.2 Å². The predicted octanol–water partition coefficient (Wildman–Crippen LogP) is 1.81. The quantitative estimate of drug-likeness (QED) is 0.671. The Bertz CT molecular complexity index is 238. The van der Waals surface area contributed by atoms with Crippen molar-refractivity contribution < 1.29 is 13.2 Å². The van der Waals surface area contributed by atoms with Crippen molar-refractivity contribution in [1.29, 1.82) is 0 Å². The number of alkyl halides is 3. The Labute approximate surface area is 61.4 Å². The second-order valence-electron chi connectivity index (χ2n) is 2.03. The van der Waals surface area contributed by atoms with Crippen LogP contribution in [0.5, 0.6) is 0 Å². The highest BCUT2D eigenvalue weighted by Crippen LogP contribution is 2.27. The van der Waals surface area contributed by atoms with Gasteiger partial charge in [-0.25, -0.2) is 0 Å². The minimum atomic E-state index is -4.36. The second kappa shape index (κ2) is 2.56. The summed E-state index contributed by atoms with van der Waals surface area (Å²) >= 11 is 0. The fourth-order valence-electron chi connectivity index (χ4n) is 0.635. The third-order valence-corrected chi connectivity index (χ3v) is 1.19. The first-order chi connectivity index (χ1) is 5.04. The van der Waals surface area contributed by atoms with Crippen molar-refractivity contribution in [2.75, 3.05) is 0 Å². The first-order valence-electron chi connectivity index (χ1n) is 2.95. The van der Waals surface area contributed by atoms with Crippen molar-refractivity contribution >= 4 is 0 Å². The third-order valence-electron chi connectivity index (χ3n) is 1.19. The van der Waals surface area contributed by atoms with Gasteiger partial charge in [-0.15, -0.1) is 0 Å². The molecular weight excluding hydrogens is 157 g/mol. The Hall–Kier alpha value is -1.00. The van der Waals surface area contributed by atoms with E-state index in [1.165, 1.54) is 0 Å². The number of hydrogen-bond acceptors (Lipinski definition) is 1. The largest absolute Gasteiger partial charge is 0.435 e. The highest BCUT2D eigenvalue weighted by atomic mass is 19.4. The first-order valence-corrected chi connectivity index (χ1v) is 2.95. The lowest BCUT2D eigenvalue weighted by molar-refractivity contribution is -0.141. The minimum absolute atomic E-state index is 0.281. The molecule has 1 aromatic rings. The Balaban J connectivity index is 2.89. The van der Waals surface area contributed by atoms with Gasteiger partial charge in [0.15, 0.2) is 5.69 Å². The Morgan fingerprint density at radius 3 is 2.45 bits per heavy atom. The Morgan fingerprint density at radius 2 is 2.18 bits per heavy atom. The van der Waals surface area contributed by atoms with Gasteiger partial charge in [0.25, 0.3) is 0 Å². The summed E-state index contributed by atoms with van der Waals surface area (Å²) in [5, 5.41) is 5.30. The van der Waals surface area contributed by atoms with E-state index in [4.69, 9.17) is 0 Å². The molecule has 0 saturated heterocycles. The van der Waals surface area contributed by atoms with Crippen molar-refractivity contribution in [1.82, 2.24) is 10.2 Å². The van der Waals surface area contributed by atoms with E-state index in [2.05, 4.69) is 17.1 Å². The van der Waals surface area contributed by atoms with Gasteiger partial charge in [0.05, 0.1) is 0 Å². The monoisotopic (exact) mass is 163 g/mol. The van der Waals surface area contributed by atoms with Crippen LogP contribution in [0, 0.1) is 6.92 Å². The van der Waals surface area contributed by atoms with Gasteiger partial charge < -0.3 is 0 Å². The van der Waals surface area contributed by atoms with Crippen LogP contribution in [0.25, 0.3) is 0 Å². The van der Waals surface area contributed by atoms with Crippen LogP contribution in [0.1, 0.15) is 11.4 Å². The normalized spacial score (nSPS) is 12.0. The van der Waals surface area contributed by atoms with Crippen molar-refractivity contribution in [2.24, 2.45) is 0 Å². The van der Waals surface area contributed by atoms with E-state index in [0.29, 0.717) is 5.69 Å². The fourth-order valence-corrected chi connectivity index (χ4v) is 0.635. The van der Waals surface area contributed by atoms with Crippen LogP contribution in [0.15, 0.2) is 6.07 Å². The molecule has 1 radical (unpaired) electrons. The molecule has 0 saturated carbocycles. The molecule has 0 bridgehead atoms. The number of nitrogens with one attached hydrogen (secondary N) is 1. The molecular formula is C6H6F3N2. The molecule has 2 nitrogen and oxygen atoms in total. The average Bonchev–Trinajstić information content (AvgIpc) is 2.32. The van der Waals surface area contributed by atoms with E-state index in [1.54, 1.807) is 0 Å². The molecule has 1 rings (SSSR count). The van der Waals surface area contributed by atoms with Crippen LogP contribution in [-0.4, -0.2) is 10.2 Å². The Kier molecular flexibility index (Phi) is 1.89. The average molecular weight is 163 g/mol. The molecule has 0 unspecified atom stereocenters. The van der Waals surface area contributed by atoms with Crippen molar-refractivity contribution in [3.8, 4) is 0 Å². The zero-order chi connectivity index (χ0) is 8.48. The Morgan fingerprint density at radius 1 is 1.55 bits per heavy atom. The minimum Gasteiger partial charge on any atom is -0.282 e. The van der Waals surface area contributed by atoms with Crippen LogP contribution in [0.4, 0.5) is 13.2 Å². The molecule has 0 atom stereocenters. The number of nitrogens with zero attached hydrogens (tertiary/aromatic N) is 1. The summed E-state index contributed by atoms with van der Waals surface area (Å²) in [6.07, 6.45) is -4.08. The predicted molar refractivity (Wildman–Crippen MR) is 32.7 cm³/mol. The van der Waals surface area contributed by atoms with E-state index >= 15 is 0 Å². The summed E-state index contributed by atoms with van der Waals surface area (Å²) in [6, 6.07) is 0.951. The van der Waals surface area contributed by atoms with Crippen LogP contribution in [0.2, 0.25) is 0 Å². The van der Waals surface area contributed by atoms with Gasteiger partial charge in [-0.1, -0.05) is 0 Å². The molecule has 1 aromatic heterocycles. The van der Waals surface area contributed by atoms with Gasteiger partial charge in [0.2, 0.25) is 0 Å². The molecule has 0 aliphatic rings. The van der Waals surface area contributed by atoms with Gasteiger partial charge in [-0.3, -0.25) is 5.10 Å². The number of rotatable bonds is 1. The highest BCUT2D eigenvalue weighted by Gasteiger charge is 2.33. The van der Waals surface area contributed by atoms with Gasteiger partial charge in [0.1, 0.15) is 0 Å². The van der Waals surface area contributed by atoms with Gasteiger partial charge in [-0.2, -0.15) is 18.3 Å². The van der Waals surface area contributed by atoms with E-state index in [-0.39, 0.29) is 6.42 Å². The van der Waals surface area contributed by atoms with Crippen LogP contribution >= 0.6 is 0 Å². The number of H-pyrrole nitrogens is 1. The van der Waals surface area contributed by atoms with Crippen LogP contribution in [-0.2, 0) is 12.6 Å². The van der Waals surface area contributed by atoms with E-state index in [1.807, 2.05) is 0 Å². The fraction of sp³-hybridized carbons (Fsp3) is 0.333. The van der Waals surface area contributed by atoms with E-state index in [0.717, 1.165) is 6.07 Å². The van der Waals surface area contributed by atoms with Gasteiger partial charge in [-0.05, 0) is 19.4 Å². The van der Waals surface area contributed by atoms with Crippen molar-refractivity contribution in [3.05, 3.63) is 24.4 Å². The second-order valence-corrected chi connectivity index (χ2v) is 2.03. The van der Waals surface area contributed by atoms with Crippen molar-refractivity contribution in [2.45, 2.75) is 12.6 Å². The molecule has 11 heavy (non-hydrogen) atoms. The summed E-state index contributed by atoms with van der Waals surface area (Å²) in [5.41, 5.74) is -0.506. The molecule has 0 fully saturated rings. The maximum absolute atomic E-state index is 11.8. The zero-order valence-electron chi connectivity index (χ0n) is 5.57.